The molecular weight excluding hydrogens is 324 g/mol. The molecule has 4 atom stereocenters. The van der Waals surface area contributed by atoms with Crippen LogP contribution in [0.25, 0.3) is 11.2 Å². The van der Waals surface area contributed by atoms with Crippen LogP contribution in [0, 0.1) is 0 Å². The Kier molecular flexibility index (Phi) is 3.91. The summed E-state index contributed by atoms with van der Waals surface area (Å²) in [5.41, 5.74) is 7.08. The number of nitrogen functional groups attached to an aromatic ring is 1. The lowest BCUT2D eigenvalue weighted by molar-refractivity contribution is -0.195. The Balaban J connectivity index is 1.67. The second-order valence-electron chi connectivity index (χ2n) is 7.28. The number of nitrogens with two attached hydrogens (primary N) is 1. The van der Waals surface area contributed by atoms with Gasteiger partial charge >= 0.3 is 0 Å². The first-order chi connectivity index (χ1) is 11.9. The summed E-state index contributed by atoms with van der Waals surface area (Å²) in [6, 6.07) is 0.359. The third-order valence-electron chi connectivity index (χ3n) is 4.51. The number of nitrogens with one attached hydrogen (secondary N) is 1. The van der Waals surface area contributed by atoms with Gasteiger partial charge in [-0.3, -0.25) is 4.57 Å². The zero-order valence-electron chi connectivity index (χ0n) is 14.8. The molecule has 25 heavy (non-hydrogen) atoms. The summed E-state index contributed by atoms with van der Waals surface area (Å²) in [6.07, 6.45) is 2.17. The number of hydrogen-bond donors (Lipinski definition) is 2. The van der Waals surface area contributed by atoms with Crippen LogP contribution in [0.3, 0.4) is 0 Å². The highest BCUT2D eigenvalue weighted by Crippen LogP contribution is 2.43. The third-order valence-corrected chi connectivity index (χ3v) is 4.51. The van der Waals surface area contributed by atoms with E-state index in [0.29, 0.717) is 29.6 Å². The first-order valence-electron chi connectivity index (χ1n) is 8.53. The zero-order chi connectivity index (χ0) is 17.8. The van der Waals surface area contributed by atoms with Gasteiger partial charge in [0.2, 0.25) is 0 Å². The number of anilines is 1. The van der Waals surface area contributed by atoms with Gasteiger partial charge in [-0.1, -0.05) is 13.8 Å². The maximum atomic E-state index is 6.27. The Bertz CT molecular complexity index is 776. The van der Waals surface area contributed by atoms with Gasteiger partial charge in [0.05, 0.1) is 6.33 Å². The molecule has 0 radical (unpaired) electrons. The molecule has 9 heteroatoms. The van der Waals surface area contributed by atoms with E-state index >= 15 is 0 Å². The Morgan fingerprint density at radius 2 is 2.00 bits per heavy atom. The van der Waals surface area contributed by atoms with Crippen molar-refractivity contribution < 1.29 is 14.2 Å². The van der Waals surface area contributed by atoms with Gasteiger partial charge in [-0.15, -0.1) is 0 Å². The van der Waals surface area contributed by atoms with E-state index in [-0.39, 0.29) is 24.5 Å². The molecular formula is C16H24N6O3. The lowest BCUT2D eigenvalue weighted by Gasteiger charge is -2.25. The number of nitrogens with zero attached hydrogens (tertiary/aromatic N) is 4. The molecule has 2 aromatic rings. The molecule has 9 nitrogen and oxygen atoms in total. The van der Waals surface area contributed by atoms with Crippen molar-refractivity contribution in [3.63, 3.8) is 0 Å². The monoisotopic (exact) mass is 348 g/mol. The maximum absolute atomic E-state index is 6.27. The fraction of sp³-hybridized carbons (Fsp3) is 0.688. The van der Waals surface area contributed by atoms with E-state index in [0.717, 1.165) is 0 Å². The van der Waals surface area contributed by atoms with E-state index < -0.39 is 5.79 Å². The minimum absolute atomic E-state index is 0.129. The van der Waals surface area contributed by atoms with Crippen molar-refractivity contribution in [1.82, 2.24) is 24.8 Å². The first-order valence-corrected chi connectivity index (χ1v) is 8.53. The molecule has 2 saturated heterocycles. The highest BCUT2D eigenvalue weighted by Gasteiger charge is 2.55. The molecule has 0 spiro atoms. The molecule has 2 aliphatic rings. The van der Waals surface area contributed by atoms with Gasteiger partial charge in [0.1, 0.15) is 30.2 Å². The molecule has 136 valence electrons. The number of rotatable bonds is 4. The number of aromatic nitrogens is 4. The van der Waals surface area contributed by atoms with Gasteiger partial charge in [0, 0.05) is 12.6 Å². The Hall–Kier alpha value is -1.81. The molecule has 0 saturated carbocycles. The SMILES string of the molecule is CC(C)NC[C@H]1OC(n2cnc3c(N)ncnc32)[C@@H]2OC(C)(C)O[C@H]12. The van der Waals surface area contributed by atoms with Crippen LogP contribution < -0.4 is 11.1 Å². The predicted molar refractivity (Wildman–Crippen MR) is 90.6 cm³/mol. The van der Waals surface area contributed by atoms with Crippen LogP contribution in [0.4, 0.5) is 5.82 Å². The largest absolute Gasteiger partial charge is 0.382 e. The van der Waals surface area contributed by atoms with Crippen molar-refractivity contribution in [1.29, 1.82) is 0 Å². The molecule has 0 aliphatic carbocycles. The third kappa shape index (κ3) is 2.86. The summed E-state index contributed by atoms with van der Waals surface area (Å²) < 4.78 is 20.4. The molecule has 4 rings (SSSR count). The van der Waals surface area contributed by atoms with Gasteiger partial charge in [0.25, 0.3) is 0 Å². The minimum Gasteiger partial charge on any atom is -0.382 e. The van der Waals surface area contributed by atoms with Crippen LogP contribution in [0.2, 0.25) is 0 Å². The average Bonchev–Trinajstić information content (AvgIpc) is 3.17. The first kappa shape index (κ1) is 16.6. The second kappa shape index (κ2) is 5.87. The maximum Gasteiger partial charge on any atom is 0.167 e. The van der Waals surface area contributed by atoms with Gasteiger partial charge < -0.3 is 25.3 Å². The van der Waals surface area contributed by atoms with Gasteiger partial charge in [0.15, 0.2) is 23.5 Å². The smallest absolute Gasteiger partial charge is 0.167 e. The summed E-state index contributed by atoms with van der Waals surface area (Å²) in [7, 11) is 0. The van der Waals surface area contributed by atoms with Gasteiger partial charge in [-0.2, -0.15) is 0 Å². The molecule has 0 amide bonds. The number of imidazole rings is 1. The minimum atomic E-state index is -0.655. The van der Waals surface area contributed by atoms with E-state index in [1.54, 1.807) is 6.33 Å². The standard InChI is InChI=1S/C16H24N6O3/c1-8(2)18-5-9-11-12(25-16(3,4)24-11)15(23-9)22-7-21-10-13(17)19-6-20-14(10)22/h6-9,11-12,15,18H,5H2,1-4H3,(H2,17,19,20)/t9-,11-,12-,15?/m1/s1. The highest BCUT2D eigenvalue weighted by atomic mass is 16.8. The number of hydrogen-bond acceptors (Lipinski definition) is 8. The summed E-state index contributed by atoms with van der Waals surface area (Å²) in [5.74, 6) is -0.307. The quantitative estimate of drug-likeness (QED) is 0.836. The van der Waals surface area contributed by atoms with Crippen molar-refractivity contribution in [2.45, 2.75) is 64.1 Å². The second-order valence-corrected chi connectivity index (χ2v) is 7.28. The van der Waals surface area contributed by atoms with E-state index in [1.807, 2.05) is 18.4 Å². The number of ether oxygens (including phenoxy) is 3. The fourth-order valence-corrected chi connectivity index (χ4v) is 3.46. The van der Waals surface area contributed by atoms with Crippen LogP contribution in [-0.2, 0) is 14.2 Å². The van der Waals surface area contributed by atoms with E-state index in [9.17, 15) is 0 Å². The van der Waals surface area contributed by atoms with Crippen molar-refractivity contribution in [2.75, 3.05) is 12.3 Å². The Labute approximate surface area is 145 Å². The van der Waals surface area contributed by atoms with Crippen LogP contribution in [-0.4, -0.2) is 56.2 Å². The fourth-order valence-electron chi connectivity index (χ4n) is 3.46. The summed E-state index contributed by atoms with van der Waals surface area (Å²) in [6.45, 7) is 8.72. The van der Waals surface area contributed by atoms with Crippen molar-refractivity contribution in [3.05, 3.63) is 12.7 Å². The average molecular weight is 348 g/mol. The molecule has 2 aliphatic heterocycles. The van der Waals surface area contributed by atoms with Crippen molar-refractivity contribution in [3.8, 4) is 0 Å². The summed E-state index contributed by atoms with van der Waals surface area (Å²) >= 11 is 0. The summed E-state index contributed by atoms with van der Waals surface area (Å²) in [4.78, 5) is 12.6. The van der Waals surface area contributed by atoms with Gasteiger partial charge in [-0.25, -0.2) is 15.0 Å². The normalized spacial score (nSPS) is 31.1. The van der Waals surface area contributed by atoms with Crippen LogP contribution in [0.1, 0.15) is 33.9 Å². The zero-order valence-corrected chi connectivity index (χ0v) is 14.8. The molecule has 1 unspecified atom stereocenters. The van der Waals surface area contributed by atoms with Crippen molar-refractivity contribution >= 4 is 17.0 Å². The van der Waals surface area contributed by atoms with E-state index in [1.165, 1.54) is 6.33 Å². The highest BCUT2D eigenvalue weighted by molar-refractivity contribution is 5.81. The molecule has 0 bridgehead atoms. The van der Waals surface area contributed by atoms with E-state index in [4.69, 9.17) is 19.9 Å². The Morgan fingerprint density at radius 3 is 2.76 bits per heavy atom. The van der Waals surface area contributed by atoms with Crippen molar-refractivity contribution in [2.24, 2.45) is 0 Å². The lowest BCUT2D eigenvalue weighted by Crippen LogP contribution is -2.39. The summed E-state index contributed by atoms with van der Waals surface area (Å²) in [5, 5.41) is 3.41. The number of fused-ring (bicyclic) bond motifs is 2. The lowest BCUT2D eigenvalue weighted by atomic mass is 10.1. The van der Waals surface area contributed by atoms with Crippen LogP contribution in [0.15, 0.2) is 12.7 Å². The van der Waals surface area contributed by atoms with Crippen LogP contribution in [0.5, 0.6) is 0 Å². The topological polar surface area (TPSA) is 109 Å². The molecule has 2 aromatic heterocycles. The Morgan fingerprint density at radius 1 is 1.24 bits per heavy atom. The van der Waals surface area contributed by atoms with Gasteiger partial charge in [-0.05, 0) is 13.8 Å². The van der Waals surface area contributed by atoms with E-state index in [2.05, 4.69) is 34.1 Å². The molecule has 3 N–H and O–H groups in total. The predicted octanol–water partition coefficient (Wildman–Crippen LogP) is 0.824. The molecule has 0 aromatic carbocycles. The van der Waals surface area contributed by atoms with Crippen LogP contribution >= 0.6 is 0 Å². The molecule has 4 heterocycles. The molecule has 2 fully saturated rings.